The Morgan fingerprint density at radius 1 is 1.04 bits per heavy atom. The predicted molar refractivity (Wildman–Crippen MR) is 89.6 cm³/mol. The zero-order chi connectivity index (χ0) is 16.0. The SMILES string of the molecule is N#CC1=CC2C[C@H](c3ccc(Cl)cc3)[C@]2(C#N)c2ccccc21. The van der Waals surface area contributed by atoms with Crippen molar-refractivity contribution in [3.8, 4) is 12.1 Å². The Kier molecular flexibility index (Phi) is 3.05. The van der Waals surface area contributed by atoms with E-state index in [9.17, 15) is 10.5 Å². The Balaban J connectivity index is 1.89. The normalized spacial score (nSPS) is 27.5. The molecule has 0 radical (unpaired) electrons. The molecule has 0 aliphatic heterocycles. The Morgan fingerprint density at radius 2 is 1.78 bits per heavy atom. The van der Waals surface area contributed by atoms with Crippen LogP contribution in [0.3, 0.4) is 0 Å². The van der Waals surface area contributed by atoms with Gasteiger partial charge in [-0.3, -0.25) is 0 Å². The van der Waals surface area contributed by atoms with Crippen LogP contribution in [0, 0.1) is 28.6 Å². The number of nitrogens with zero attached hydrogens (tertiary/aromatic N) is 2. The molecule has 2 aromatic carbocycles. The van der Waals surface area contributed by atoms with Gasteiger partial charge in [0.15, 0.2) is 0 Å². The molecule has 110 valence electrons. The van der Waals surface area contributed by atoms with Gasteiger partial charge >= 0.3 is 0 Å². The molecule has 2 nitrogen and oxygen atoms in total. The summed E-state index contributed by atoms with van der Waals surface area (Å²) in [6.45, 7) is 0. The van der Waals surface area contributed by atoms with E-state index in [4.69, 9.17) is 11.6 Å². The van der Waals surface area contributed by atoms with Crippen molar-refractivity contribution in [1.82, 2.24) is 0 Å². The minimum atomic E-state index is -0.579. The first-order valence-electron chi connectivity index (χ1n) is 7.59. The Morgan fingerprint density at radius 3 is 2.48 bits per heavy atom. The second-order valence-corrected chi connectivity index (χ2v) is 6.60. The fourth-order valence-corrected chi connectivity index (χ4v) is 4.22. The number of benzene rings is 2. The van der Waals surface area contributed by atoms with E-state index in [1.54, 1.807) is 0 Å². The van der Waals surface area contributed by atoms with Gasteiger partial charge in [-0.1, -0.05) is 54.1 Å². The Labute approximate surface area is 140 Å². The molecule has 0 saturated heterocycles. The summed E-state index contributed by atoms with van der Waals surface area (Å²) in [6.07, 6.45) is 2.87. The fourth-order valence-electron chi connectivity index (χ4n) is 4.09. The monoisotopic (exact) mass is 316 g/mol. The summed E-state index contributed by atoms with van der Waals surface area (Å²) < 4.78 is 0. The number of halogens is 1. The first kappa shape index (κ1) is 14.1. The first-order valence-corrected chi connectivity index (χ1v) is 7.97. The number of hydrogen-bond acceptors (Lipinski definition) is 2. The highest BCUT2D eigenvalue weighted by Crippen LogP contribution is 2.62. The van der Waals surface area contributed by atoms with Crippen molar-refractivity contribution in [1.29, 1.82) is 10.5 Å². The Hall–Kier alpha value is -2.55. The van der Waals surface area contributed by atoms with Crippen molar-refractivity contribution >= 4 is 17.2 Å². The molecule has 3 heteroatoms. The molecule has 3 atom stereocenters. The van der Waals surface area contributed by atoms with E-state index in [2.05, 4.69) is 12.1 Å². The van der Waals surface area contributed by atoms with Crippen LogP contribution in [-0.2, 0) is 5.41 Å². The summed E-state index contributed by atoms with van der Waals surface area (Å²) in [4.78, 5) is 0. The van der Waals surface area contributed by atoms with Gasteiger partial charge in [-0.05, 0) is 35.2 Å². The highest BCUT2D eigenvalue weighted by Gasteiger charge is 2.58. The molecule has 2 aliphatic carbocycles. The first-order chi connectivity index (χ1) is 11.2. The summed E-state index contributed by atoms with van der Waals surface area (Å²) >= 11 is 5.99. The van der Waals surface area contributed by atoms with Gasteiger partial charge in [-0.15, -0.1) is 0 Å². The van der Waals surface area contributed by atoms with Gasteiger partial charge in [-0.25, -0.2) is 0 Å². The van der Waals surface area contributed by atoms with Gasteiger partial charge in [0.1, 0.15) is 0 Å². The minimum absolute atomic E-state index is 0.0951. The maximum Gasteiger partial charge on any atom is 0.0994 e. The molecule has 1 unspecified atom stereocenters. The highest BCUT2D eigenvalue weighted by atomic mass is 35.5. The number of rotatable bonds is 1. The molecule has 1 saturated carbocycles. The quantitative estimate of drug-likeness (QED) is 0.756. The van der Waals surface area contributed by atoms with Crippen molar-refractivity contribution in [2.75, 3.05) is 0 Å². The van der Waals surface area contributed by atoms with Gasteiger partial charge in [-0.2, -0.15) is 10.5 Å². The van der Waals surface area contributed by atoms with Crippen LogP contribution in [0.1, 0.15) is 29.0 Å². The maximum absolute atomic E-state index is 10.1. The molecule has 0 spiro atoms. The van der Waals surface area contributed by atoms with Crippen LogP contribution in [0.25, 0.3) is 5.57 Å². The molecule has 23 heavy (non-hydrogen) atoms. The van der Waals surface area contributed by atoms with E-state index in [1.807, 2.05) is 54.6 Å². The molecule has 4 rings (SSSR count). The molecule has 0 heterocycles. The maximum atomic E-state index is 10.1. The molecule has 0 aromatic heterocycles. The third-order valence-corrected chi connectivity index (χ3v) is 5.48. The lowest BCUT2D eigenvalue weighted by molar-refractivity contribution is 0.178. The summed E-state index contributed by atoms with van der Waals surface area (Å²) in [5.74, 6) is 0.227. The standard InChI is InChI=1S/C20H13ClN2/c21-16-7-5-13(6-8-16)19-10-15-9-14(11-22)17-3-1-2-4-18(17)20(15,19)12-23/h1-9,15,19H,10H2/t15?,19-,20+/m1/s1. The van der Waals surface area contributed by atoms with Crippen LogP contribution in [0.4, 0.5) is 0 Å². The van der Waals surface area contributed by atoms with E-state index in [0.717, 1.165) is 23.1 Å². The number of nitriles is 2. The second kappa shape index (κ2) is 4.98. The van der Waals surface area contributed by atoms with Gasteiger partial charge in [0.2, 0.25) is 0 Å². The third-order valence-electron chi connectivity index (χ3n) is 5.23. The highest BCUT2D eigenvalue weighted by molar-refractivity contribution is 6.30. The summed E-state index contributed by atoms with van der Waals surface area (Å²) in [5.41, 5.74) is 3.12. The van der Waals surface area contributed by atoms with Gasteiger partial charge in [0, 0.05) is 16.9 Å². The average Bonchev–Trinajstić information content (AvgIpc) is 2.57. The van der Waals surface area contributed by atoms with Gasteiger partial charge in [0.05, 0.1) is 23.1 Å². The smallest absolute Gasteiger partial charge is 0.0994 e. The van der Waals surface area contributed by atoms with Crippen molar-refractivity contribution in [2.45, 2.75) is 17.8 Å². The van der Waals surface area contributed by atoms with E-state index < -0.39 is 5.41 Å². The minimum Gasteiger partial charge on any atom is -0.197 e. The van der Waals surface area contributed by atoms with Crippen molar-refractivity contribution in [3.63, 3.8) is 0 Å². The van der Waals surface area contributed by atoms with Crippen LogP contribution in [0.15, 0.2) is 54.6 Å². The Bertz CT molecular complexity index is 898. The molecule has 2 aliphatic rings. The van der Waals surface area contributed by atoms with Crippen LogP contribution < -0.4 is 0 Å². The number of allylic oxidation sites excluding steroid dienone is 2. The van der Waals surface area contributed by atoms with E-state index >= 15 is 0 Å². The molecule has 0 N–H and O–H groups in total. The lowest BCUT2D eigenvalue weighted by Crippen LogP contribution is -2.51. The molecule has 1 fully saturated rings. The largest absolute Gasteiger partial charge is 0.197 e. The third kappa shape index (κ3) is 1.79. The van der Waals surface area contributed by atoms with Crippen LogP contribution in [0.5, 0.6) is 0 Å². The van der Waals surface area contributed by atoms with Crippen molar-refractivity contribution < 1.29 is 0 Å². The molecular formula is C20H13ClN2. The van der Waals surface area contributed by atoms with Crippen LogP contribution in [-0.4, -0.2) is 0 Å². The topological polar surface area (TPSA) is 47.6 Å². The van der Waals surface area contributed by atoms with Crippen molar-refractivity contribution in [2.24, 2.45) is 5.92 Å². The summed E-state index contributed by atoms with van der Waals surface area (Å²) in [7, 11) is 0. The van der Waals surface area contributed by atoms with E-state index in [1.165, 1.54) is 0 Å². The second-order valence-electron chi connectivity index (χ2n) is 6.16. The molecule has 0 amide bonds. The predicted octanol–water partition coefficient (Wildman–Crippen LogP) is 4.83. The number of hydrogen-bond donors (Lipinski definition) is 0. The molecule has 2 aromatic rings. The molecule has 0 bridgehead atoms. The van der Waals surface area contributed by atoms with Crippen LogP contribution in [0.2, 0.25) is 5.02 Å². The fraction of sp³-hybridized carbons (Fsp3) is 0.200. The summed E-state index contributed by atoms with van der Waals surface area (Å²) in [5, 5.41) is 20.2. The van der Waals surface area contributed by atoms with Crippen LogP contribution >= 0.6 is 11.6 Å². The van der Waals surface area contributed by atoms with Gasteiger partial charge in [0.25, 0.3) is 0 Å². The number of fused-ring (bicyclic) bond motifs is 3. The molecular weight excluding hydrogens is 304 g/mol. The zero-order valence-corrected chi connectivity index (χ0v) is 13.1. The van der Waals surface area contributed by atoms with E-state index in [0.29, 0.717) is 10.6 Å². The van der Waals surface area contributed by atoms with Gasteiger partial charge < -0.3 is 0 Å². The van der Waals surface area contributed by atoms with Crippen molar-refractivity contribution in [3.05, 3.63) is 76.3 Å². The summed E-state index contributed by atoms with van der Waals surface area (Å²) in [6, 6.07) is 20.5. The zero-order valence-electron chi connectivity index (χ0n) is 12.3. The average molecular weight is 317 g/mol. The lowest BCUT2D eigenvalue weighted by atomic mass is 9.46. The van der Waals surface area contributed by atoms with E-state index in [-0.39, 0.29) is 11.8 Å². The lowest BCUT2D eigenvalue weighted by Gasteiger charge is -2.53.